The van der Waals surface area contributed by atoms with Crippen molar-refractivity contribution in [3.05, 3.63) is 34.3 Å². The molecule has 0 bridgehead atoms. The fraction of sp³-hybridized carbons (Fsp3) is 0.462. The lowest BCUT2D eigenvalue weighted by Gasteiger charge is -2.24. The standard InChI is InChI=1S/C13H18BrNO2/c1-2-3-8-13(15,12(16)17)9-10-4-6-11(14)7-5-10/h4-7H,2-3,8-9,15H2,1H3,(H,16,17)/t13-/m1/s1. The van der Waals surface area contributed by atoms with E-state index >= 15 is 0 Å². The molecule has 0 saturated carbocycles. The predicted molar refractivity (Wildman–Crippen MR) is 71.9 cm³/mol. The van der Waals surface area contributed by atoms with Gasteiger partial charge >= 0.3 is 5.97 Å². The van der Waals surface area contributed by atoms with Crippen LogP contribution in [0.5, 0.6) is 0 Å². The molecule has 3 nitrogen and oxygen atoms in total. The minimum Gasteiger partial charge on any atom is -0.480 e. The van der Waals surface area contributed by atoms with Crippen molar-refractivity contribution in [3.63, 3.8) is 0 Å². The first-order valence-corrected chi connectivity index (χ1v) is 6.54. The maximum Gasteiger partial charge on any atom is 0.324 e. The molecular weight excluding hydrogens is 282 g/mol. The average Bonchev–Trinajstić information content (AvgIpc) is 2.29. The van der Waals surface area contributed by atoms with E-state index in [1.807, 2.05) is 31.2 Å². The molecule has 0 saturated heterocycles. The monoisotopic (exact) mass is 299 g/mol. The summed E-state index contributed by atoms with van der Waals surface area (Å²) < 4.78 is 0.979. The van der Waals surface area contributed by atoms with E-state index in [1.165, 1.54) is 0 Å². The number of hydrogen-bond acceptors (Lipinski definition) is 2. The van der Waals surface area contributed by atoms with Crippen molar-refractivity contribution < 1.29 is 9.90 Å². The number of carbonyl (C=O) groups is 1. The number of carboxylic acid groups (broad SMARTS) is 1. The third kappa shape index (κ3) is 4.13. The van der Waals surface area contributed by atoms with Gasteiger partial charge in [-0.2, -0.15) is 0 Å². The summed E-state index contributed by atoms with van der Waals surface area (Å²) in [6.45, 7) is 2.03. The molecule has 4 heteroatoms. The number of rotatable bonds is 6. The molecule has 1 aromatic carbocycles. The van der Waals surface area contributed by atoms with Crippen molar-refractivity contribution in [3.8, 4) is 0 Å². The summed E-state index contributed by atoms with van der Waals surface area (Å²) in [5.74, 6) is -0.922. The Morgan fingerprint density at radius 3 is 2.47 bits per heavy atom. The van der Waals surface area contributed by atoms with E-state index in [1.54, 1.807) is 0 Å². The van der Waals surface area contributed by atoms with Gasteiger partial charge in [0.05, 0.1) is 0 Å². The van der Waals surface area contributed by atoms with Gasteiger partial charge in [0.2, 0.25) is 0 Å². The van der Waals surface area contributed by atoms with Crippen molar-refractivity contribution in [1.82, 2.24) is 0 Å². The Morgan fingerprint density at radius 2 is 2.00 bits per heavy atom. The van der Waals surface area contributed by atoms with Crippen molar-refractivity contribution in [2.24, 2.45) is 5.73 Å². The molecule has 0 heterocycles. The van der Waals surface area contributed by atoms with E-state index in [-0.39, 0.29) is 0 Å². The molecule has 0 aliphatic rings. The fourth-order valence-corrected chi connectivity index (χ4v) is 1.99. The Morgan fingerprint density at radius 1 is 1.41 bits per heavy atom. The van der Waals surface area contributed by atoms with Crippen LogP contribution in [0.25, 0.3) is 0 Å². The first-order chi connectivity index (χ1) is 7.98. The molecule has 0 radical (unpaired) electrons. The maximum atomic E-state index is 11.3. The van der Waals surface area contributed by atoms with Gasteiger partial charge in [-0.3, -0.25) is 4.79 Å². The van der Waals surface area contributed by atoms with Crippen LogP contribution < -0.4 is 5.73 Å². The number of halogens is 1. The minimum atomic E-state index is -1.15. The summed E-state index contributed by atoms with van der Waals surface area (Å²) in [5, 5.41) is 9.24. The molecule has 0 fully saturated rings. The molecule has 0 amide bonds. The van der Waals surface area contributed by atoms with Crippen LogP contribution in [0.4, 0.5) is 0 Å². The Bertz CT molecular complexity index is 378. The Labute approximate surface area is 110 Å². The minimum absolute atomic E-state index is 0.371. The molecule has 0 unspecified atom stereocenters. The molecular formula is C13H18BrNO2. The fourth-order valence-electron chi connectivity index (χ4n) is 1.73. The van der Waals surface area contributed by atoms with Gasteiger partial charge < -0.3 is 10.8 Å². The number of nitrogens with two attached hydrogens (primary N) is 1. The van der Waals surface area contributed by atoms with Gasteiger partial charge in [-0.05, 0) is 24.1 Å². The summed E-state index contributed by atoms with van der Waals surface area (Å²) in [5.41, 5.74) is 5.79. The van der Waals surface area contributed by atoms with Crippen LogP contribution in [0.2, 0.25) is 0 Å². The van der Waals surface area contributed by atoms with E-state index < -0.39 is 11.5 Å². The highest BCUT2D eigenvalue weighted by atomic mass is 79.9. The maximum absolute atomic E-state index is 11.3. The third-order valence-corrected chi connectivity index (χ3v) is 3.36. The second-order valence-electron chi connectivity index (χ2n) is 4.37. The molecule has 1 rings (SSSR count). The summed E-state index contributed by atoms with van der Waals surface area (Å²) in [4.78, 5) is 11.3. The van der Waals surface area contributed by atoms with E-state index in [4.69, 9.17) is 5.73 Å². The molecule has 0 spiro atoms. The van der Waals surface area contributed by atoms with Gasteiger partial charge in [-0.15, -0.1) is 0 Å². The lowest BCUT2D eigenvalue weighted by Crippen LogP contribution is -2.49. The first kappa shape index (κ1) is 14.2. The highest BCUT2D eigenvalue weighted by Crippen LogP contribution is 2.20. The van der Waals surface area contributed by atoms with Crippen LogP contribution in [-0.4, -0.2) is 16.6 Å². The van der Waals surface area contributed by atoms with Crippen LogP contribution in [-0.2, 0) is 11.2 Å². The summed E-state index contributed by atoms with van der Waals surface area (Å²) in [6.07, 6.45) is 2.66. The van der Waals surface area contributed by atoms with Crippen LogP contribution in [0.3, 0.4) is 0 Å². The van der Waals surface area contributed by atoms with Crippen molar-refractivity contribution in [2.75, 3.05) is 0 Å². The SMILES string of the molecule is CCCC[C@@](N)(Cc1ccc(Br)cc1)C(=O)O. The molecule has 0 aromatic heterocycles. The van der Waals surface area contributed by atoms with Gasteiger partial charge in [-0.1, -0.05) is 47.8 Å². The topological polar surface area (TPSA) is 63.3 Å². The highest BCUT2D eigenvalue weighted by molar-refractivity contribution is 9.10. The molecule has 0 aliphatic carbocycles. The van der Waals surface area contributed by atoms with Crippen molar-refractivity contribution >= 4 is 21.9 Å². The molecule has 17 heavy (non-hydrogen) atoms. The summed E-state index contributed by atoms with van der Waals surface area (Å²) >= 11 is 3.35. The predicted octanol–water partition coefficient (Wildman–Crippen LogP) is 2.96. The number of aliphatic carboxylic acids is 1. The number of benzene rings is 1. The lowest BCUT2D eigenvalue weighted by molar-refractivity contribution is -0.143. The van der Waals surface area contributed by atoms with E-state index in [0.717, 1.165) is 22.9 Å². The zero-order valence-corrected chi connectivity index (χ0v) is 11.5. The molecule has 94 valence electrons. The van der Waals surface area contributed by atoms with Gasteiger partial charge in [0.25, 0.3) is 0 Å². The van der Waals surface area contributed by atoms with Crippen LogP contribution in [0, 0.1) is 0 Å². The normalized spacial score (nSPS) is 14.3. The van der Waals surface area contributed by atoms with Crippen LogP contribution >= 0.6 is 15.9 Å². The van der Waals surface area contributed by atoms with Crippen molar-refractivity contribution in [1.29, 1.82) is 0 Å². The average molecular weight is 300 g/mol. The molecule has 1 atom stereocenters. The smallest absolute Gasteiger partial charge is 0.324 e. The Kier molecular flexibility index (Phi) is 5.15. The molecule has 0 aliphatic heterocycles. The number of unbranched alkanes of at least 4 members (excludes halogenated alkanes) is 1. The third-order valence-electron chi connectivity index (χ3n) is 2.84. The van der Waals surface area contributed by atoms with Crippen molar-refractivity contribution in [2.45, 2.75) is 38.1 Å². The largest absolute Gasteiger partial charge is 0.480 e. The lowest BCUT2D eigenvalue weighted by atomic mass is 9.87. The summed E-state index contributed by atoms with van der Waals surface area (Å²) in [6, 6.07) is 7.61. The van der Waals surface area contributed by atoms with Gasteiger partial charge in [0, 0.05) is 10.9 Å². The number of carboxylic acids is 1. The van der Waals surface area contributed by atoms with Gasteiger partial charge in [0.15, 0.2) is 0 Å². The Hall–Kier alpha value is -0.870. The van der Waals surface area contributed by atoms with E-state index in [9.17, 15) is 9.90 Å². The highest BCUT2D eigenvalue weighted by Gasteiger charge is 2.33. The van der Waals surface area contributed by atoms with Crippen LogP contribution in [0.15, 0.2) is 28.7 Å². The van der Waals surface area contributed by atoms with Gasteiger partial charge in [0.1, 0.15) is 5.54 Å². The number of hydrogen-bond donors (Lipinski definition) is 2. The summed E-state index contributed by atoms with van der Waals surface area (Å²) in [7, 11) is 0. The second kappa shape index (κ2) is 6.17. The van der Waals surface area contributed by atoms with Gasteiger partial charge in [-0.25, -0.2) is 0 Å². The van der Waals surface area contributed by atoms with E-state index in [2.05, 4.69) is 15.9 Å². The molecule has 1 aromatic rings. The van der Waals surface area contributed by atoms with E-state index in [0.29, 0.717) is 12.8 Å². The van der Waals surface area contributed by atoms with Crippen LogP contribution in [0.1, 0.15) is 31.7 Å². The second-order valence-corrected chi connectivity index (χ2v) is 5.28. The molecule has 3 N–H and O–H groups in total. The Balaban J connectivity index is 2.79. The zero-order valence-electron chi connectivity index (χ0n) is 9.95. The first-order valence-electron chi connectivity index (χ1n) is 5.74. The quantitative estimate of drug-likeness (QED) is 0.849. The zero-order chi connectivity index (χ0) is 12.9.